The van der Waals surface area contributed by atoms with Crippen LogP contribution in [0.5, 0.6) is 0 Å². The molecule has 0 saturated carbocycles. The zero-order chi connectivity index (χ0) is 20.9. The largest absolute Gasteiger partial charge is 0.339 e. The quantitative estimate of drug-likeness (QED) is 0.563. The van der Waals surface area contributed by atoms with Crippen molar-refractivity contribution in [3.8, 4) is 11.4 Å². The Morgan fingerprint density at radius 1 is 1.10 bits per heavy atom. The predicted octanol–water partition coefficient (Wildman–Crippen LogP) is 3.48. The molecular formula is C22H24ClN5O2. The summed E-state index contributed by atoms with van der Waals surface area (Å²) in [6.45, 7) is 6.11. The normalized spacial score (nSPS) is 14.8. The maximum absolute atomic E-state index is 12.6. The molecule has 0 N–H and O–H groups in total. The summed E-state index contributed by atoms with van der Waals surface area (Å²) in [5.74, 6) is 1.30. The number of nitrogens with zero attached hydrogens (tertiary/aromatic N) is 5. The molecule has 0 radical (unpaired) electrons. The van der Waals surface area contributed by atoms with Crippen LogP contribution >= 0.6 is 11.6 Å². The van der Waals surface area contributed by atoms with Gasteiger partial charge in [-0.1, -0.05) is 46.6 Å². The Balaban J connectivity index is 1.21. The molecule has 1 fully saturated rings. The molecular weight excluding hydrogens is 402 g/mol. The van der Waals surface area contributed by atoms with Gasteiger partial charge in [0.1, 0.15) is 5.15 Å². The van der Waals surface area contributed by atoms with E-state index in [4.69, 9.17) is 16.1 Å². The van der Waals surface area contributed by atoms with Crippen LogP contribution in [0.1, 0.15) is 28.2 Å². The van der Waals surface area contributed by atoms with Crippen LogP contribution in [0.2, 0.25) is 5.15 Å². The molecule has 4 rings (SSSR count). The van der Waals surface area contributed by atoms with E-state index in [1.165, 1.54) is 11.8 Å². The van der Waals surface area contributed by atoms with Gasteiger partial charge in [0, 0.05) is 44.4 Å². The van der Waals surface area contributed by atoms with Crippen LogP contribution in [0.25, 0.3) is 11.4 Å². The van der Waals surface area contributed by atoms with Gasteiger partial charge in [0.05, 0.1) is 5.56 Å². The van der Waals surface area contributed by atoms with Crippen molar-refractivity contribution in [3.63, 3.8) is 0 Å². The van der Waals surface area contributed by atoms with E-state index in [1.54, 1.807) is 12.1 Å². The zero-order valence-corrected chi connectivity index (χ0v) is 17.7. The monoisotopic (exact) mass is 425 g/mol. The molecule has 2 aromatic heterocycles. The molecule has 1 aromatic carbocycles. The lowest BCUT2D eigenvalue weighted by Gasteiger charge is -2.34. The van der Waals surface area contributed by atoms with Gasteiger partial charge in [0.15, 0.2) is 0 Å². The third-order valence-electron chi connectivity index (χ3n) is 5.28. The summed E-state index contributed by atoms with van der Waals surface area (Å²) in [5.41, 5.74) is 2.75. The molecule has 7 nitrogen and oxygen atoms in total. The van der Waals surface area contributed by atoms with Gasteiger partial charge >= 0.3 is 0 Å². The Morgan fingerprint density at radius 2 is 1.87 bits per heavy atom. The Hall–Kier alpha value is -2.77. The first-order valence-corrected chi connectivity index (χ1v) is 10.5. The van der Waals surface area contributed by atoms with Gasteiger partial charge in [-0.15, -0.1) is 0 Å². The number of piperazine rings is 1. The molecule has 0 aliphatic carbocycles. The summed E-state index contributed by atoms with van der Waals surface area (Å²) < 4.78 is 5.40. The van der Waals surface area contributed by atoms with Crippen LogP contribution in [0.3, 0.4) is 0 Å². The Morgan fingerprint density at radius 3 is 2.57 bits per heavy atom. The highest BCUT2D eigenvalue weighted by atomic mass is 35.5. The Bertz CT molecular complexity index is 980. The number of aryl methyl sites for hydroxylation is 2. The first kappa shape index (κ1) is 20.5. The van der Waals surface area contributed by atoms with E-state index < -0.39 is 0 Å². The molecule has 1 aliphatic rings. The number of hydrogen-bond donors (Lipinski definition) is 0. The van der Waals surface area contributed by atoms with E-state index in [1.807, 2.05) is 29.2 Å². The predicted molar refractivity (Wildman–Crippen MR) is 114 cm³/mol. The Labute approximate surface area is 180 Å². The summed E-state index contributed by atoms with van der Waals surface area (Å²) in [7, 11) is 0. The lowest BCUT2D eigenvalue weighted by molar-refractivity contribution is 0.0635. The summed E-state index contributed by atoms with van der Waals surface area (Å²) in [5, 5.41) is 4.48. The van der Waals surface area contributed by atoms with Crippen molar-refractivity contribution in [2.75, 3.05) is 32.7 Å². The molecule has 8 heteroatoms. The standard InChI is InChI=1S/C22H24ClN5O2/c1-16-4-6-17(7-5-16)21-25-20(30-26-21)3-2-10-27-11-13-28(14-12-27)22(29)18-8-9-19(23)24-15-18/h4-9,15H,2-3,10-14H2,1H3. The summed E-state index contributed by atoms with van der Waals surface area (Å²) in [6, 6.07) is 11.5. The molecule has 0 unspecified atom stereocenters. The average Bonchev–Trinajstić information content (AvgIpc) is 3.24. The van der Waals surface area contributed by atoms with Crippen LogP contribution in [0.4, 0.5) is 0 Å². The van der Waals surface area contributed by atoms with Gasteiger partial charge in [-0.2, -0.15) is 4.98 Å². The highest BCUT2D eigenvalue weighted by Crippen LogP contribution is 2.17. The van der Waals surface area contributed by atoms with Gasteiger partial charge < -0.3 is 9.42 Å². The van der Waals surface area contributed by atoms with E-state index in [-0.39, 0.29) is 5.91 Å². The van der Waals surface area contributed by atoms with Crippen LogP contribution in [-0.2, 0) is 6.42 Å². The lowest BCUT2D eigenvalue weighted by Crippen LogP contribution is -2.48. The fraction of sp³-hybridized carbons (Fsp3) is 0.364. The number of aromatic nitrogens is 3. The van der Waals surface area contributed by atoms with Crippen molar-refractivity contribution >= 4 is 17.5 Å². The first-order valence-electron chi connectivity index (χ1n) is 10.1. The molecule has 0 spiro atoms. The third kappa shape index (κ3) is 5.04. The SMILES string of the molecule is Cc1ccc(-c2noc(CCCN3CCN(C(=O)c4ccc(Cl)nc4)CC3)n2)cc1. The van der Waals surface area contributed by atoms with E-state index >= 15 is 0 Å². The van der Waals surface area contributed by atoms with Crippen LogP contribution in [0.15, 0.2) is 47.1 Å². The van der Waals surface area contributed by atoms with Gasteiger partial charge in [-0.05, 0) is 32.0 Å². The highest BCUT2D eigenvalue weighted by Gasteiger charge is 2.22. The maximum Gasteiger partial charge on any atom is 0.255 e. The number of carbonyl (C=O) groups is 1. The topological polar surface area (TPSA) is 75.4 Å². The molecule has 3 heterocycles. The number of benzene rings is 1. The molecule has 0 bridgehead atoms. The van der Waals surface area contributed by atoms with Crippen molar-refractivity contribution in [1.82, 2.24) is 24.9 Å². The fourth-order valence-electron chi connectivity index (χ4n) is 3.49. The van der Waals surface area contributed by atoms with Crippen molar-refractivity contribution in [1.29, 1.82) is 0 Å². The highest BCUT2D eigenvalue weighted by molar-refractivity contribution is 6.29. The van der Waals surface area contributed by atoms with Crippen LogP contribution in [-0.4, -0.2) is 63.6 Å². The van der Waals surface area contributed by atoms with Crippen molar-refractivity contribution in [2.24, 2.45) is 0 Å². The number of halogens is 1. The third-order valence-corrected chi connectivity index (χ3v) is 5.50. The lowest BCUT2D eigenvalue weighted by atomic mass is 10.1. The molecule has 156 valence electrons. The second-order valence-electron chi connectivity index (χ2n) is 7.48. The smallest absolute Gasteiger partial charge is 0.255 e. The summed E-state index contributed by atoms with van der Waals surface area (Å²) in [4.78, 5) is 25.3. The summed E-state index contributed by atoms with van der Waals surface area (Å²) >= 11 is 5.79. The van der Waals surface area contributed by atoms with Crippen molar-refractivity contribution < 1.29 is 9.32 Å². The zero-order valence-electron chi connectivity index (χ0n) is 16.9. The van der Waals surface area contributed by atoms with Crippen molar-refractivity contribution in [2.45, 2.75) is 19.8 Å². The van der Waals surface area contributed by atoms with Gasteiger partial charge in [0.2, 0.25) is 11.7 Å². The van der Waals surface area contributed by atoms with E-state index in [0.717, 1.165) is 38.0 Å². The maximum atomic E-state index is 12.6. The number of rotatable bonds is 6. The van der Waals surface area contributed by atoms with E-state index in [2.05, 4.69) is 26.9 Å². The first-order chi connectivity index (χ1) is 14.6. The second-order valence-corrected chi connectivity index (χ2v) is 7.87. The molecule has 1 amide bonds. The molecule has 0 atom stereocenters. The number of hydrogen-bond acceptors (Lipinski definition) is 6. The number of pyridine rings is 1. The van der Waals surface area contributed by atoms with E-state index in [9.17, 15) is 4.79 Å². The minimum atomic E-state index is 0.00770. The fourth-order valence-corrected chi connectivity index (χ4v) is 3.60. The number of carbonyl (C=O) groups excluding carboxylic acids is 1. The molecule has 30 heavy (non-hydrogen) atoms. The summed E-state index contributed by atoms with van der Waals surface area (Å²) in [6.07, 6.45) is 3.21. The van der Waals surface area contributed by atoms with Gasteiger partial charge in [-0.25, -0.2) is 4.98 Å². The van der Waals surface area contributed by atoms with Gasteiger partial charge in [-0.3, -0.25) is 9.69 Å². The van der Waals surface area contributed by atoms with Crippen molar-refractivity contribution in [3.05, 3.63) is 64.8 Å². The minimum Gasteiger partial charge on any atom is -0.339 e. The molecule has 1 saturated heterocycles. The molecule has 3 aromatic rings. The van der Waals surface area contributed by atoms with Gasteiger partial charge in [0.25, 0.3) is 5.91 Å². The number of amides is 1. The van der Waals surface area contributed by atoms with Crippen LogP contribution in [0, 0.1) is 6.92 Å². The minimum absolute atomic E-state index is 0.00770. The van der Waals surface area contributed by atoms with Crippen LogP contribution < -0.4 is 0 Å². The Kier molecular flexibility index (Phi) is 6.40. The average molecular weight is 426 g/mol. The van der Waals surface area contributed by atoms with E-state index in [0.29, 0.717) is 35.5 Å². The molecule has 1 aliphatic heterocycles. The second kappa shape index (κ2) is 9.36.